The van der Waals surface area contributed by atoms with Gasteiger partial charge in [-0.05, 0) is 51.8 Å². The predicted octanol–water partition coefficient (Wildman–Crippen LogP) is 3.26. The van der Waals surface area contributed by atoms with Gasteiger partial charge in [-0.1, -0.05) is 18.2 Å². The minimum Gasteiger partial charge on any atom is -0.449 e. The Kier molecular flexibility index (Phi) is 4.66. The molecule has 1 aromatic carbocycles. The maximum Gasteiger partial charge on any atom is 0.340 e. The molecule has 0 spiro atoms. The van der Waals surface area contributed by atoms with Crippen LogP contribution in [0.4, 0.5) is 5.69 Å². The molecular weight excluding hydrogens is 316 g/mol. The van der Waals surface area contributed by atoms with Gasteiger partial charge in [0, 0.05) is 30.2 Å². The van der Waals surface area contributed by atoms with E-state index < -0.39 is 12.1 Å². The van der Waals surface area contributed by atoms with Crippen LogP contribution < -0.4 is 4.90 Å². The predicted molar refractivity (Wildman–Crippen MR) is 97.0 cm³/mol. The number of aromatic nitrogens is 1. The maximum absolute atomic E-state index is 12.7. The molecule has 0 N–H and O–H groups in total. The number of hydrogen-bond donors (Lipinski definition) is 0. The van der Waals surface area contributed by atoms with E-state index in [9.17, 15) is 9.59 Å². The highest BCUT2D eigenvalue weighted by atomic mass is 16.5. The van der Waals surface area contributed by atoms with E-state index in [-0.39, 0.29) is 5.91 Å². The van der Waals surface area contributed by atoms with Crippen molar-refractivity contribution >= 4 is 17.6 Å². The Morgan fingerprint density at radius 3 is 2.64 bits per heavy atom. The first-order valence-corrected chi connectivity index (χ1v) is 8.71. The maximum atomic E-state index is 12.7. The van der Waals surface area contributed by atoms with E-state index >= 15 is 0 Å². The van der Waals surface area contributed by atoms with Crippen LogP contribution in [0.15, 0.2) is 30.3 Å². The molecule has 0 fully saturated rings. The van der Waals surface area contributed by atoms with Crippen LogP contribution in [-0.2, 0) is 22.5 Å². The van der Waals surface area contributed by atoms with Crippen LogP contribution in [0.5, 0.6) is 0 Å². The third-order valence-corrected chi connectivity index (χ3v) is 4.89. The molecule has 3 rings (SSSR count). The Morgan fingerprint density at radius 1 is 1.24 bits per heavy atom. The molecule has 1 atom stereocenters. The molecule has 0 radical (unpaired) electrons. The van der Waals surface area contributed by atoms with Gasteiger partial charge in [0.05, 0.1) is 5.56 Å². The SMILES string of the molecule is CCn1c(C)cc(C(=O)O[C@H](C)C(=O)N2CCc3ccccc32)c1C. The number of hydrogen-bond acceptors (Lipinski definition) is 3. The van der Waals surface area contributed by atoms with Gasteiger partial charge in [0.2, 0.25) is 0 Å². The van der Waals surface area contributed by atoms with E-state index in [0.29, 0.717) is 12.1 Å². The summed E-state index contributed by atoms with van der Waals surface area (Å²) in [5.41, 5.74) is 4.48. The van der Waals surface area contributed by atoms with E-state index in [0.717, 1.165) is 35.6 Å². The Balaban J connectivity index is 1.73. The molecule has 25 heavy (non-hydrogen) atoms. The van der Waals surface area contributed by atoms with Crippen LogP contribution in [0.2, 0.25) is 0 Å². The number of anilines is 1. The second kappa shape index (κ2) is 6.75. The molecule has 1 aliphatic heterocycles. The van der Waals surface area contributed by atoms with Crippen molar-refractivity contribution in [1.82, 2.24) is 4.57 Å². The van der Waals surface area contributed by atoms with Gasteiger partial charge < -0.3 is 14.2 Å². The zero-order chi connectivity index (χ0) is 18.1. The third-order valence-electron chi connectivity index (χ3n) is 4.89. The lowest BCUT2D eigenvalue weighted by Gasteiger charge is -2.21. The molecule has 2 heterocycles. The Bertz CT molecular complexity index is 822. The fourth-order valence-corrected chi connectivity index (χ4v) is 3.56. The average Bonchev–Trinajstić information content (AvgIpc) is 3.15. The minimum absolute atomic E-state index is 0.178. The highest BCUT2D eigenvalue weighted by Gasteiger charge is 2.30. The molecule has 1 aromatic heterocycles. The van der Waals surface area contributed by atoms with E-state index in [1.807, 2.05) is 51.1 Å². The lowest BCUT2D eigenvalue weighted by atomic mass is 10.2. The zero-order valence-electron chi connectivity index (χ0n) is 15.2. The van der Waals surface area contributed by atoms with Gasteiger partial charge in [0.25, 0.3) is 5.91 Å². The topological polar surface area (TPSA) is 51.5 Å². The zero-order valence-corrected chi connectivity index (χ0v) is 15.2. The number of carbonyl (C=O) groups is 2. The van der Waals surface area contributed by atoms with E-state index in [2.05, 4.69) is 4.57 Å². The van der Waals surface area contributed by atoms with Crippen molar-refractivity contribution in [2.24, 2.45) is 0 Å². The lowest BCUT2D eigenvalue weighted by Crippen LogP contribution is -2.39. The van der Waals surface area contributed by atoms with Gasteiger partial charge >= 0.3 is 5.97 Å². The quantitative estimate of drug-likeness (QED) is 0.803. The summed E-state index contributed by atoms with van der Waals surface area (Å²) in [6.45, 7) is 8.96. The molecule has 0 bridgehead atoms. The molecule has 0 unspecified atom stereocenters. The first-order valence-electron chi connectivity index (χ1n) is 8.71. The van der Waals surface area contributed by atoms with Gasteiger partial charge in [-0.2, -0.15) is 0 Å². The molecule has 5 heteroatoms. The highest BCUT2D eigenvalue weighted by Crippen LogP contribution is 2.28. The fourth-order valence-electron chi connectivity index (χ4n) is 3.56. The van der Waals surface area contributed by atoms with Gasteiger partial charge in [0.15, 0.2) is 6.10 Å². The second-order valence-electron chi connectivity index (χ2n) is 6.45. The third kappa shape index (κ3) is 3.06. The van der Waals surface area contributed by atoms with Crippen LogP contribution >= 0.6 is 0 Å². The van der Waals surface area contributed by atoms with Crippen LogP contribution in [0.1, 0.15) is 41.2 Å². The van der Waals surface area contributed by atoms with Crippen molar-refractivity contribution in [3.8, 4) is 0 Å². The van der Waals surface area contributed by atoms with Crippen LogP contribution in [0, 0.1) is 13.8 Å². The van der Waals surface area contributed by atoms with Crippen molar-refractivity contribution in [1.29, 1.82) is 0 Å². The van der Waals surface area contributed by atoms with Crippen molar-refractivity contribution in [3.63, 3.8) is 0 Å². The molecule has 1 aliphatic rings. The molecule has 0 saturated heterocycles. The largest absolute Gasteiger partial charge is 0.449 e. The molecule has 0 aliphatic carbocycles. The van der Waals surface area contributed by atoms with E-state index in [1.165, 1.54) is 0 Å². The molecule has 1 amide bonds. The summed E-state index contributed by atoms with van der Waals surface area (Å²) < 4.78 is 7.53. The summed E-state index contributed by atoms with van der Waals surface area (Å²) in [6, 6.07) is 9.67. The summed E-state index contributed by atoms with van der Waals surface area (Å²) in [5.74, 6) is -0.622. The number of nitrogens with zero attached hydrogens (tertiary/aromatic N) is 2. The Labute approximate surface area is 148 Å². The van der Waals surface area contributed by atoms with Gasteiger partial charge in [-0.25, -0.2) is 4.79 Å². The van der Waals surface area contributed by atoms with Gasteiger partial charge in [-0.3, -0.25) is 4.79 Å². The minimum atomic E-state index is -0.816. The first kappa shape index (κ1) is 17.3. The number of amides is 1. The number of ether oxygens (including phenoxy) is 1. The Hall–Kier alpha value is -2.56. The van der Waals surface area contributed by atoms with Crippen molar-refractivity contribution in [2.75, 3.05) is 11.4 Å². The van der Waals surface area contributed by atoms with E-state index in [4.69, 9.17) is 4.74 Å². The molecular formula is C20H24N2O3. The van der Waals surface area contributed by atoms with E-state index in [1.54, 1.807) is 11.8 Å². The fraction of sp³-hybridized carbons (Fsp3) is 0.400. The molecule has 2 aromatic rings. The standard InChI is InChI=1S/C20H24N2O3/c1-5-21-13(2)12-17(14(21)3)20(24)25-15(4)19(23)22-11-10-16-8-6-7-9-18(16)22/h6-9,12,15H,5,10-11H2,1-4H3/t15-/m1/s1. The molecule has 0 saturated carbocycles. The summed E-state index contributed by atoms with van der Waals surface area (Å²) in [4.78, 5) is 27.0. The summed E-state index contributed by atoms with van der Waals surface area (Å²) in [5, 5.41) is 0. The number of rotatable bonds is 4. The normalized spacial score (nSPS) is 14.3. The number of benzene rings is 1. The van der Waals surface area contributed by atoms with Crippen LogP contribution in [0.3, 0.4) is 0 Å². The molecule has 5 nitrogen and oxygen atoms in total. The lowest BCUT2D eigenvalue weighted by molar-refractivity contribution is -0.126. The van der Waals surface area contributed by atoms with Crippen molar-refractivity contribution in [3.05, 3.63) is 52.8 Å². The smallest absolute Gasteiger partial charge is 0.340 e. The van der Waals surface area contributed by atoms with Crippen LogP contribution in [0.25, 0.3) is 0 Å². The van der Waals surface area contributed by atoms with Gasteiger partial charge in [0.1, 0.15) is 0 Å². The number of esters is 1. The first-order chi connectivity index (χ1) is 11.9. The van der Waals surface area contributed by atoms with Gasteiger partial charge in [-0.15, -0.1) is 0 Å². The van der Waals surface area contributed by atoms with Crippen LogP contribution in [-0.4, -0.2) is 29.1 Å². The monoisotopic (exact) mass is 340 g/mol. The highest BCUT2D eigenvalue weighted by molar-refractivity contribution is 6.00. The number of aryl methyl sites for hydroxylation is 1. The number of fused-ring (bicyclic) bond motifs is 1. The Morgan fingerprint density at radius 2 is 1.96 bits per heavy atom. The molecule has 132 valence electrons. The number of para-hydroxylation sites is 1. The summed E-state index contributed by atoms with van der Waals surface area (Å²) in [7, 11) is 0. The second-order valence-corrected chi connectivity index (χ2v) is 6.45. The van der Waals surface area contributed by atoms with Crippen molar-refractivity contribution < 1.29 is 14.3 Å². The average molecular weight is 340 g/mol. The number of carbonyl (C=O) groups excluding carboxylic acids is 2. The summed E-state index contributed by atoms with van der Waals surface area (Å²) in [6.07, 6.45) is 0.0172. The van der Waals surface area contributed by atoms with Crippen molar-refractivity contribution in [2.45, 2.75) is 46.8 Å². The summed E-state index contributed by atoms with van der Waals surface area (Å²) >= 11 is 0.